The van der Waals surface area contributed by atoms with E-state index >= 15 is 0 Å². The van der Waals surface area contributed by atoms with Crippen LogP contribution in [0.5, 0.6) is 0 Å². The van der Waals surface area contributed by atoms with Crippen LogP contribution in [0.15, 0.2) is 23.1 Å². The van der Waals surface area contributed by atoms with Crippen molar-refractivity contribution in [3.63, 3.8) is 0 Å². The average molecular weight is 485 g/mol. The number of hydrogen-bond acceptors (Lipinski definition) is 5. The van der Waals surface area contributed by atoms with Gasteiger partial charge < -0.3 is 14.5 Å². The van der Waals surface area contributed by atoms with Crippen molar-refractivity contribution in [1.82, 2.24) is 4.90 Å². The normalized spacial score (nSPS) is 17.1. The molecule has 0 saturated heterocycles. The maximum absolute atomic E-state index is 12.7. The van der Waals surface area contributed by atoms with E-state index in [1.165, 1.54) is 34.1 Å². The zero-order valence-corrected chi connectivity index (χ0v) is 21.5. The predicted octanol–water partition coefficient (Wildman–Crippen LogP) is 5.41. The maximum atomic E-state index is 12.7. The number of unbranched alkanes of at least 4 members (excludes halogenated alkanes) is 2. The number of rotatable bonds is 9. The summed E-state index contributed by atoms with van der Waals surface area (Å²) >= 11 is 1.30. The van der Waals surface area contributed by atoms with Gasteiger partial charge in [0, 0.05) is 32.5 Å². The highest BCUT2D eigenvalue weighted by Crippen LogP contribution is 2.37. The maximum Gasteiger partial charge on any atom is 0.410 e. The van der Waals surface area contributed by atoms with Gasteiger partial charge in [-0.3, -0.25) is 9.59 Å². The number of ether oxygens (including phenoxy) is 1. The van der Waals surface area contributed by atoms with Crippen molar-refractivity contribution in [2.24, 2.45) is 0 Å². The number of allylic oxidation sites excluding steroid dienone is 1. The van der Waals surface area contributed by atoms with Crippen LogP contribution in [0.4, 0.5) is 10.5 Å². The fraction of sp³-hybridized carbons (Fsp3) is 0.593. The second-order valence-electron chi connectivity index (χ2n) is 10.4. The molecule has 0 aromatic heterocycles. The number of carbonyl (C=O) groups is 3. The zero-order valence-electron chi connectivity index (χ0n) is 20.7. The molecule has 0 saturated carbocycles. The van der Waals surface area contributed by atoms with E-state index in [4.69, 9.17) is 4.74 Å². The highest BCUT2D eigenvalue weighted by molar-refractivity contribution is 8.17. The van der Waals surface area contributed by atoms with Gasteiger partial charge in [-0.15, -0.1) is 0 Å². The van der Waals surface area contributed by atoms with Crippen LogP contribution in [-0.4, -0.2) is 47.3 Å². The number of amides is 2. The largest absolute Gasteiger partial charge is 0.444 e. The Hall–Kier alpha value is -2.28. The van der Waals surface area contributed by atoms with E-state index in [0.717, 1.165) is 50.0 Å². The summed E-state index contributed by atoms with van der Waals surface area (Å²) in [6.07, 6.45) is 9.38. The van der Waals surface area contributed by atoms with Crippen LogP contribution < -0.4 is 4.90 Å². The standard InChI is InChI=1S/C27H36N2O4S/c1-27(2,3)33-26(32)28(15-13-22-9-11-24(31)34-22)14-6-4-5-7-19-17-20-8-10-23(30)29-16-12-21(18-19)25(20)29/h9,17-18H,4-8,10-16H2,1-3H3. The van der Waals surface area contributed by atoms with E-state index in [1.54, 1.807) is 4.90 Å². The highest BCUT2D eigenvalue weighted by atomic mass is 32.2. The average Bonchev–Trinajstić information content (AvgIpc) is 3.38. The molecule has 1 aromatic rings. The van der Waals surface area contributed by atoms with Gasteiger partial charge in [-0.05, 0) is 80.9 Å². The van der Waals surface area contributed by atoms with Crippen LogP contribution in [0.25, 0.3) is 0 Å². The number of anilines is 1. The van der Waals surface area contributed by atoms with Crippen LogP contribution in [0.2, 0.25) is 0 Å². The molecule has 0 spiro atoms. The van der Waals surface area contributed by atoms with Gasteiger partial charge in [0.05, 0.1) is 5.69 Å². The molecule has 184 valence electrons. The fourth-order valence-electron chi connectivity index (χ4n) is 4.93. The first-order valence-electron chi connectivity index (χ1n) is 12.5. The summed E-state index contributed by atoms with van der Waals surface area (Å²) in [5, 5.41) is 0.179. The number of thioether (sulfide) groups is 1. The van der Waals surface area contributed by atoms with Gasteiger partial charge in [0.1, 0.15) is 5.60 Å². The molecule has 6 nitrogen and oxygen atoms in total. The summed E-state index contributed by atoms with van der Waals surface area (Å²) in [4.78, 5) is 41.2. The second-order valence-corrected chi connectivity index (χ2v) is 11.6. The lowest BCUT2D eigenvalue weighted by atomic mass is 9.94. The first-order chi connectivity index (χ1) is 16.2. The molecule has 0 atom stereocenters. The van der Waals surface area contributed by atoms with Crippen molar-refractivity contribution in [3.05, 3.63) is 39.8 Å². The van der Waals surface area contributed by atoms with Crippen molar-refractivity contribution >= 4 is 34.6 Å². The van der Waals surface area contributed by atoms with E-state index in [0.29, 0.717) is 32.4 Å². The SMILES string of the molecule is CC(C)(C)OC(=O)N(CCCCCc1cc2c3c(c1)CCN3C(=O)CC2)CCC1=CCC(=O)S1. The Morgan fingerprint density at radius 2 is 1.79 bits per heavy atom. The molecule has 2 amide bonds. The third-order valence-electron chi connectivity index (χ3n) is 6.53. The first-order valence-corrected chi connectivity index (χ1v) is 13.3. The molecule has 3 aliphatic heterocycles. The quantitative estimate of drug-likeness (QED) is 0.439. The second kappa shape index (κ2) is 10.5. The van der Waals surface area contributed by atoms with Crippen molar-refractivity contribution in [1.29, 1.82) is 0 Å². The zero-order chi connectivity index (χ0) is 24.3. The van der Waals surface area contributed by atoms with Gasteiger partial charge in [-0.25, -0.2) is 4.79 Å². The number of aryl methyl sites for hydroxylation is 2. The Morgan fingerprint density at radius 1 is 1.03 bits per heavy atom. The lowest BCUT2D eigenvalue weighted by molar-refractivity contribution is -0.118. The van der Waals surface area contributed by atoms with E-state index in [1.807, 2.05) is 31.7 Å². The van der Waals surface area contributed by atoms with Gasteiger partial charge in [-0.2, -0.15) is 0 Å². The van der Waals surface area contributed by atoms with Gasteiger partial charge in [-0.1, -0.05) is 36.4 Å². The molecular formula is C27H36N2O4S. The summed E-state index contributed by atoms with van der Waals surface area (Å²) in [5.41, 5.74) is 4.68. The molecule has 0 radical (unpaired) electrons. The summed E-state index contributed by atoms with van der Waals surface area (Å²) in [7, 11) is 0. The predicted molar refractivity (Wildman–Crippen MR) is 136 cm³/mol. The summed E-state index contributed by atoms with van der Waals surface area (Å²) < 4.78 is 5.62. The van der Waals surface area contributed by atoms with Crippen LogP contribution in [0, 0.1) is 0 Å². The fourth-order valence-corrected chi connectivity index (χ4v) is 5.75. The third kappa shape index (κ3) is 6.23. The van der Waals surface area contributed by atoms with Gasteiger partial charge in [0.2, 0.25) is 5.91 Å². The van der Waals surface area contributed by atoms with E-state index in [-0.39, 0.29) is 17.1 Å². The molecule has 3 heterocycles. The van der Waals surface area contributed by atoms with E-state index in [2.05, 4.69) is 12.1 Å². The smallest absolute Gasteiger partial charge is 0.410 e. The molecule has 0 N–H and O–H groups in total. The number of hydrogen-bond donors (Lipinski definition) is 0. The van der Waals surface area contributed by atoms with Gasteiger partial charge >= 0.3 is 6.09 Å². The number of nitrogens with zero attached hydrogens (tertiary/aromatic N) is 2. The van der Waals surface area contributed by atoms with Crippen LogP contribution in [-0.2, 0) is 33.6 Å². The van der Waals surface area contributed by atoms with Gasteiger partial charge in [0.25, 0.3) is 0 Å². The summed E-state index contributed by atoms with van der Waals surface area (Å²) in [6, 6.07) is 4.59. The van der Waals surface area contributed by atoms with E-state index < -0.39 is 5.60 Å². The molecule has 7 heteroatoms. The third-order valence-corrected chi connectivity index (χ3v) is 7.55. The molecule has 0 bridgehead atoms. The summed E-state index contributed by atoms with van der Waals surface area (Å²) in [6.45, 7) is 7.72. The molecule has 34 heavy (non-hydrogen) atoms. The Kier molecular flexibility index (Phi) is 7.70. The molecule has 0 fully saturated rings. The minimum atomic E-state index is -0.527. The lowest BCUT2D eigenvalue weighted by Crippen LogP contribution is -2.38. The molecular weight excluding hydrogens is 448 g/mol. The Balaban J connectivity index is 1.26. The van der Waals surface area contributed by atoms with Crippen molar-refractivity contribution < 1.29 is 19.1 Å². The molecule has 4 rings (SSSR count). The van der Waals surface area contributed by atoms with Gasteiger partial charge in [0.15, 0.2) is 5.12 Å². The minimum absolute atomic E-state index is 0.179. The van der Waals surface area contributed by atoms with E-state index in [9.17, 15) is 14.4 Å². The highest BCUT2D eigenvalue weighted by Gasteiger charge is 2.31. The topological polar surface area (TPSA) is 66.9 Å². The monoisotopic (exact) mass is 484 g/mol. The van der Waals surface area contributed by atoms with Crippen LogP contribution in [0.1, 0.15) is 76.0 Å². The Labute approximate surface area is 207 Å². The lowest BCUT2D eigenvalue weighted by Gasteiger charge is -2.27. The number of benzene rings is 1. The molecule has 1 aromatic carbocycles. The summed E-state index contributed by atoms with van der Waals surface area (Å²) in [5.74, 6) is 0.267. The Bertz CT molecular complexity index is 995. The van der Waals surface area contributed by atoms with Crippen molar-refractivity contribution in [3.8, 4) is 0 Å². The van der Waals surface area contributed by atoms with Crippen LogP contribution in [0.3, 0.4) is 0 Å². The minimum Gasteiger partial charge on any atom is -0.444 e. The Morgan fingerprint density at radius 3 is 2.50 bits per heavy atom. The molecule has 0 aliphatic carbocycles. The van der Waals surface area contributed by atoms with Crippen molar-refractivity contribution in [2.45, 2.75) is 84.2 Å². The molecule has 0 unspecified atom stereocenters. The number of carbonyl (C=O) groups excluding carboxylic acids is 3. The van der Waals surface area contributed by atoms with Crippen LogP contribution >= 0.6 is 11.8 Å². The first kappa shape index (κ1) is 24.8. The molecule has 3 aliphatic rings. The van der Waals surface area contributed by atoms with Crippen molar-refractivity contribution in [2.75, 3.05) is 24.5 Å².